The Morgan fingerprint density at radius 3 is 2.32 bits per heavy atom. The van der Waals surface area contributed by atoms with Crippen LogP contribution in [0.3, 0.4) is 0 Å². The summed E-state index contributed by atoms with van der Waals surface area (Å²) < 4.78 is 32.7. The molecule has 0 aromatic carbocycles. The average molecular weight is 290 g/mol. The molecule has 0 spiro atoms. The zero-order valence-electron chi connectivity index (χ0n) is 11.6. The molecule has 2 aliphatic rings. The highest BCUT2D eigenvalue weighted by Gasteiger charge is 2.37. The lowest BCUT2D eigenvalue weighted by Gasteiger charge is -2.33. The van der Waals surface area contributed by atoms with Gasteiger partial charge >= 0.3 is 0 Å². The minimum absolute atomic E-state index is 0.208. The highest BCUT2D eigenvalue weighted by Crippen LogP contribution is 2.29. The zero-order chi connectivity index (χ0) is 13.7. The maximum absolute atomic E-state index is 12.8. The van der Waals surface area contributed by atoms with Crippen molar-refractivity contribution >= 4 is 10.0 Å². The van der Waals surface area contributed by atoms with E-state index in [1.54, 1.807) is 4.31 Å². The molecular formula is C13H26N2O3S. The van der Waals surface area contributed by atoms with Crippen LogP contribution in [0.4, 0.5) is 0 Å². The molecule has 5 nitrogen and oxygen atoms in total. The summed E-state index contributed by atoms with van der Waals surface area (Å²) in [6.07, 6.45) is 6.32. The van der Waals surface area contributed by atoms with Crippen LogP contribution < -0.4 is 5.73 Å². The third-order valence-corrected chi connectivity index (χ3v) is 6.68. The van der Waals surface area contributed by atoms with Crippen molar-refractivity contribution in [2.45, 2.75) is 56.2 Å². The molecule has 1 aliphatic carbocycles. The summed E-state index contributed by atoms with van der Waals surface area (Å²) >= 11 is 0. The molecule has 0 amide bonds. The van der Waals surface area contributed by atoms with E-state index >= 15 is 0 Å². The second kappa shape index (κ2) is 7.02. The Morgan fingerprint density at radius 2 is 1.74 bits per heavy atom. The highest BCUT2D eigenvalue weighted by atomic mass is 32.2. The van der Waals surface area contributed by atoms with Gasteiger partial charge in [-0.15, -0.1) is 0 Å². The summed E-state index contributed by atoms with van der Waals surface area (Å²) in [5, 5.41) is -0.250. The van der Waals surface area contributed by atoms with E-state index in [-0.39, 0.29) is 11.3 Å². The van der Waals surface area contributed by atoms with Crippen LogP contribution in [0.5, 0.6) is 0 Å². The van der Waals surface area contributed by atoms with Crippen molar-refractivity contribution in [3.63, 3.8) is 0 Å². The first-order valence-corrected chi connectivity index (χ1v) is 8.95. The van der Waals surface area contributed by atoms with Gasteiger partial charge in [-0.1, -0.05) is 12.8 Å². The Hall–Kier alpha value is -0.170. The fraction of sp³-hybridized carbons (Fsp3) is 1.00. The summed E-state index contributed by atoms with van der Waals surface area (Å²) in [5.41, 5.74) is 5.56. The first kappa shape index (κ1) is 15.2. The van der Waals surface area contributed by atoms with E-state index in [1.165, 1.54) is 0 Å². The number of hydrogen-bond donors (Lipinski definition) is 1. The van der Waals surface area contributed by atoms with Gasteiger partial charge in [0.25, 0.3) is 0 Å². The second-order valence-electron chi connectivity index (χ2n) is 5.55. The molecular weight excluding hydrogens is 264 g/mol. The summed E-state index contributed by atoms with van der Waals surface area (Å²) in [5.74, 6) is 0. The Morgan fingerprint density at radius 1 is 1.11 bits per heavy atom. The maximum atomic E-state index is 12.8. The van der Waals surface area contributed by atoms with Gasteiger partial charge in [0.05, 0.1) is 5.25 Å². The second-order valence-corrected chi connectivity index (χ2v) is 7.71. The van der Waals surface area contributed by atoms with Gasteiger partial charge in [0.1, 0.15) is 0 Å². The van der Waals surface area contributed by atoms with Crippen molar-refractivity contribution in [1.82, 2.24) is 4.31 Å². The minimum Gasteiger partial charge on any atom is -0.381 e. The zero-order valence-corrected chi connectivity index (χ0v) is 12.4. The summed E-state index contributed by atoms with van der Waals surface area (Å²) in [6.45, 7) is 2.27. The highest BCUT2D eigenvalue weighted by molar-refractivity contribution is 7.89. The number of hydrogen-bond acceptors (Lipinski definition) is 4. The van der Waals surface area contributed by atoms with Crippen molar-refractivity contribution < 1.29 is 13.2 Å². The largest absolute Gasteiger partial charge is 0.381 e. The number of sulfonamides is 1. The van der Waals surface area contributed by atoms with Crippen LogP contribution in [-0.2, 0) is 14.8 Å². The Labute approximate surface area is 116 Å². The van der Waals surface area contributed by atoms with Gasteiger partial charge in [-0.2, -0.15) is 4.31 Å². The molecule has 2 fully saturated rings. The Kier molecular flexibility index (Phi) is 5.62. The molecule has 2 N–H and O–H groups in total. The van der Waals surface area contributed by atoms with Crippen molar-refractivity contribution in [2.24, 2.45) is 5.73 Å². The van der Waals surface area contributed by atoms with Gasteiger partial charge in [-0.3, -0.25) is 0 Å². The molecule has 19 heavy (non-hydrogen) atoms. The number of ether oxygens (including phenoxy) is 1. The van der Waals surface area contributed by atoms with Gasteiger partial charge in [-0.25, -0.2) is 8.42 Å². The summed E-state index contributed by atoms with van der Waals surface area (Å²) in [7, 11) is -3.18. The van der Waals surface area contributed by atoms with Crippen molar-refractivity contribution in [1.29, 1.82) is 0 Å². The van der Waals surface area contributed by atoms with Crippen LogP contribution in [0.25, 0.3) is 0 Å². The van der Waals surface area contributed by atoms with E-state index in [1.807, 2.05) is 0 Å². The fourth-order valence-electron chi connectivity index (χ4n) is 3.12. The SMILES string of the molecule is NCCCN(C1CCCC1)S(=O)(=O)C1CCOCC1. The molecule has 2 rings (SSSR count). The van der Waals surface area contributed by atoms with Gasteiger partial charge < -0.3 is 10.5 Å². The molecule has 1 aliphatic heterocycles. The van der Waals surface area contributed by atoms with Crippen molar-refractivity contribution in [2.75, 3.05) is 26.3 Å². The lowest BCUT2D eigenvalue weighted by Crippen LogP contribution is -2.46. The Balaban J connectivity index is 2.09. The minimum atomic E-state index is -3.18. The maximum Gasteiger partial charge on any atom is 0.217 e. The van der Waals surface area contributed by atoms with Crippen LogP contribution in [0.15, 0.2) is 0 Å². The topological polar surface area (TPSA) is 72.6 Å². The quantitative estimate of drug-likeness (QED) is 0.795. The van der Waals surface area contributed by atoms with E-state index in [0.717, 1.165) is 32.1 Å². The standard InChI is InChI=1S/C13H26N2O3S/c14-8-3-9-15(12-4-1-2-5-12)19(16,17)13-6-10-18-11-7-13/h12-13H,1-11,14H2. The van der Waals surface area contributed by atoms with E-state index in [9.17, 15) is 8.42 Å². The molecule has 1 saturated carbocycles. The van der Waals surface area contributed by atoms with Gasteiger partial charge in [0.2, 0.25) is 10.0 Å². The summed E-state index contributed by atoms with van der Waals surface area (Å²) in [6, 6.07) is 0.208. The lowest BCUT2D eigenvalue weighted by atomic mass is 10.2. The molecule has 0 unspecified atom stereocenters. The number of nitrogens with zero attached hydrogens (tertiary/aromatic N) is 1. The number of rotatable bonds is 6. The lowest BCUT2D eigenvalue weighted by molar-refractivity contribution is 0.0967. The third kappa shape index (κ3) is 3.68. The molecule has 0 radical (unpaired) electrons. The van der Waals surface area contributed by atoms with Crippen LogP contribution in [0, 0.1) is 0 Å². The molecule has 0 atom stereocenters. The normalized spacial score (nSPS) is 23.3. The number of nitrogens with two attached hydrogens (primary N) is 1. The predicted octanol–water partition coefficient (Wildman–Crippen LogP) is 1.09. The van der Waals surface area contributed by atoms with Crippen molar-refractivity contribution in [3.8, 4) is 0 Å². The average Bonchev–Trinajstić information content (AvgIpc) is 2.94. The van der Waals surface area contributed by atoms with E-state index in [4.69, 9.17) is 10.5 Å². The van der Waals surface area contributed by atoms with E-state index < -0.39 is 10.0 Å². The Bertz CT molecular complexity index is 360. The van der Waals surface area contributed by atoms with Gasteiger partial charge in [0, 0.05) is 25.8 Å². The summed E-state index contributed by atoms with van der Waals surface area (Å²) in [4.78, 5) is 0. The van der Waals surface area contributed by atoms with Crippen molar-refractivity contribution in [3.05, 3.63) is 0 Å². The molecule has 1 saturated heterocycles. The van der Waals surface area contributed by atoms with Crippen LogP contribution >= 0.6 is 0 Å². The monoisotopic (exact) mass is 290 g/mol. The van der Waals surface area contributed by atoms with Gasteiger partial charge in [0.15, 0.2) is 0 Å². The predicted molar refractivity (Wildman–Crippen MR) is 75.4 cm³/mol. The van der Waals surface area contributed by atoms with Gasteiger partial charge in [-0.05, 0) is 38.6 Å². The van der Waals surface area contributed by atoms with Crippen LogP contribution in [0.2, 0.25) is 0 Å². The van der Waals surface area contributed by atoms with Crippen LogP contribution in [-0.4, -0.2) is 50.3 Å². The molecule has 0 aromatic rings. The molecule has 0 aromatic heterocycles. The fourth-order valence-corrected chi connectivity index (χ4v) is 5.30. The molecule has 0 bridgehead atoms. The molecule has 6 heteroatoms. The smallest absolute Gasteiger partial charge is 0.217 e. The van der Waals surface area contributed by atoms with E-state index in [0.29, 0.717) is 39.1 Å². The van der Waals surface area contributed by atoms with Crippen LogP contribution in [0.1, 0.15) is 44.9 Å². The molecule has 112 valence electrons. The molecule has 1 heterocycles. The first-order valence-electron chi connectivity index (χ1n) is 7.44. The first-order chi connectivity index (χ1) is 9.16. The third-order valence-electron chi connectivity index (χ3n) is 4.23. The van der Waals surface area contributed by atoms with E-state index in [2.05, 4.69) is 0 Å².